The molecule has 6 heteroatoms. The Hall–Kier alpha value is -2.34. The molecule has 0 bridgehead atoms. The van der Waals surface area contributed by atoms with Crippen molar-refractivity contribution in [2.75, 3.05) is 18.2 Å². The fourth-order valence-electron chi connectivity index (χ4n) is 2.19. The quantitative estimate of drug-likeness (QED) is 0.882. The number of carbonyl (C=O) groups excluding carboxylic acids is 1. The summed E-state index contributed by atoms with van der Waals surface area (Å²) in [6.45, 7) is 1.85. The standard InChI is InChI=1S/C17H19NO4S/c1-13-7-3-4-8-14(13)11-23(20,21)12-17(19)18-15-9-5-6-10-16(15)22-2/h3-10H,11-12H2,1-2H3,(H,18,19). The maximum Gasteiger partial charge on any atom is 0.239 e. The van der Waals surface area contributed by atoms with Crippen molar-refractivity contribution in [2.24, 2.45) is 0 Å². The predicted octanol–water partition coefficient (Wildman–Crippen LogP) is 2.56. The molecule has 0 aromatic heterocycles. The lowest BCUT2D eigenvalue weighted by Gasteiger charge is -2.10. The molecule has 0 saturated carbocycles. The van der Waals surface area contributed by atoms with Crippen LogP contribution in [-0.2, 0) is 20.4 Å². The molecule has 0 aliphatic rings. The first-order valence-corrected chi connectivity index (χ1v) is 8.91. The third-order valence-electron chi connectivity index (χ3n) is 3.37. The van der Waals surface area contributed by atoms with Crippen LogP contribution in [0, 0.1) is 6.92 Å². The number of para-hydroxylation sites is 2. The Morgan fingerprint density at radius 3 is 2.43 bits per heavy atom. The molecule has 122 valence electrons. The number of hydrogen-bond acceptors (Lipinski definition) is 4. The van der Waals surface area contributed by atoms with Crippen LogP contribution < -0.4 is 10.1 Å². The van der Waals surface area contributed by atoms with Crippen LogP contribution in [0.15, 0.2) is 48.5 Å². The van der Waals surface area contributed by atoms with Gasteiger partial charge in [-0.3, -0.25) is 4.79 Å². The van der Waals surface area contributed by atoms with Crippen LogP contribution in [-0.4, -0.2) is 27.2 Å². The van der Waals surface area contributed by atoms with Gasteiger partial charge in [0.15, 0.2) is 9.84 Å². The lowest BCUT2D eigenvalue weighted by Crippen LogP contribution is -2.24. The van der Waals surface area contributed by atoms with Crippen molar-refractivity contribution in [1.29, 1.82) is 0 Å². The summed E-state index contributed by atoms with van der Waals surface area (Å²) in [7, 11) is -2.06. The number of aryl methyl sites for hydroxylation is 1. The molecule has 0 aliphatic carbocycles. The highest BCUT2D eigenvalue weighted by atomic mass is 32.2. The third-order valence-corrected chi connectivity index (χ3v) is 4.82. The largest absolute Gasteiger partial charge is 0.495 e. The van der Waals surface area contributed by atoms with Crippen LogP contribution in [0.1, 0.15) is 11.1 Å². The number of methoxy groups -OCH3 is 1. The zero-order chi connectivity index (χ0) is 16.9. The van der Waals surface area contributed by atoms with Crippen LogP contribution in [0.2, 0.25) is 0 Å². The first kappa shape index (κ1) is 17.0. The minimum Gasteiger partial charge on any atom is -0.495 e. The number of ether oxygens (including phenoxy) is 1. The fraction of sp³-hybridized carbons (Fsp3) is 0.235. The van der Waals surface area contributed by atoms with E-state index in [0.717, 1.165) is 5.56 Å². The first-order chi connectivity index (χ1) is 10.9. The molecule has 1 amide bonds. The van der Waals surface area contributed by atoms with E-state index in [0.29, 0.717) is 17.0 Å². The summed E-state index contributed by atoms with van der Waals surface area (Å²) in [5.41, 5.74) is 2.05. The molecule has 2 aromatic carbocycles. The van der Waals surface area contributed by atoms with Gasteiger partial charge in [-0.1, -0.05) is 36.4 Å². The van der Waals surface area contributed by atoms with E-state index in [4.69, 9.17) is 4.74 Å². The smallest absolute Gasteiger partial charge is 0.239 e. The Morgan fingerprint density at radius 2 is 1.74 bits per heavy atom. The Kier molecular flexibility index (Phi) is 5.39. The number of anilines is 1. The van der Waals surface area contributed by atoms with Gasteiger partial charge in [0.1, 0.15) is 11.5 Å². The summed E-state index contributed by atoms with van der Waals surface area (Å²) in [5.74, 6) is -0.821. The number of hydrogen-bond donors (Lipinski definition) is 1. The van der Waals surface area contributed by atoms with Gasteiger partial charge >= 0.3 is 0 Å². The van der Waals surface area contributed by atoms with Gasteiger partial charge in [0.2, 0.25) is 5.91 Å². The molecule has 0 fully saturated rings. The van der Waals surface area contributed by atoms with Crippen molar-refractivity contribution < 1.29 is 17.9 Å². The topological polar surface area (TPSA) is 72.5 Å². The second-order valence-corrected chi connectivity index (χ2v) is 7.27. The highest BCUT2D eigenvalue weighted by molar-refractivity contribution is 7.91. The van der Waals surface area contributed by atoms with E-state index in [-0.39, 0.29) is 5.75 Å². The summed E-state index contributed by atoms with van der Waals surface area (Å²) in [4.78, 5) is 12.0. The van der Waals surface area contributed by atoms with Crippen molar-refractivity contribution in [2.45, 2.75) is 12.7 Å². The third kappa shape index (κ3) is 4.82. The Labute approximate surface area is 136 Å². The summed E-state index contributed by atoms with van der Waals surface area (Å²) >= 11 is 0. The average molecular weight is 333 g/mol. The summed E-state index contributed by atoms with van der Waals surface area (Å²) in [6, 6.07) is 14.1. The molecule has 5 nitrogen and oxygen atoms in total. The number of sulfone groups is 1. The molecule has 0 heterocycles. The van der Waals surface area contributed by atoms with Crippen LogP contribution in [0.4, 0.5) is 5.69 Å². The lowest BCUT2D eigenvalue weighted by molar-refractivity contribution is -0.113. The molecule has 2 aromatic rings. The van der Waals surface area contributed by atoms with E-state index >= 15 is 0 Å². The van der Waals surface area contributed by atoms with Crippen molar-refractivity contribution in [3.63, 3.8) is 0 Å². The maximum absolute atomic E-state index is 12.2. The molecule has 1 N–H and O–H groups in total. The van der Waals surface area contributed by atoms with Gasteiger partial charge in [-0.05, 0) is 30.2 Å². The molecule has 0 saturated heterocycles. The highest BCUT2D eigenvalue weighted by Gasteiger charge is 2.19. The molecule has 0 unspecified atom stereocenters. The molecule has 0 spiro atoms. The predicted molar refractivity (Wildman–Crippen MR) is 90.3 cm³/mol. The van der Waals surface area contributed by atoms with Crippen LogP contribution in [0.25, 0.3) is 0 Å². The summed E-state index contributed by atoms with van der Waals surface area (Å²) in [6.07, 6.45) is 0. The van der Waals surface area contributed by atoms with Gasteiger partial charge in [-0.15, -0.1) is 0 Å². The zero-order valence-electron chi connectivity index (χ0n) is 13.1. The van der Waals surface area contributed by atoms with Gasteiger partial charge in [-0.2, -0.15) is 0 Å². The first-order valence-electron chi connectivity index (χ1n) is 7.09. The van der Waals surface area contributed by atoms with Crippen LogP contribution in [0.3, 0.4) is 0 Å². The fourth-order valence-corrected chi connectivity index (χ4v) is 3.57. The molecule has 0 atom stereocenters. The van der Waals surface area contributed by atoms with Crippen molar-refractivity contribution in [3.05, 3.63) is 59.7 Å². The maximum atomic E-state index is 12.2. The number of benzene rings is 2. The molecule has 0 aliphatic heterocycles. The van der Waals surface area contributed by atoms with E-state index in [9.17, 15) is 13.2 Å². The average Bonchev–Trinajstić information content (AvgIpc) is 2.49. The van der Waals surface area contributed by atoms with Gasteiger partial charge in [0.05, 0.1) is 18.6 Å². The SMILES string of the molecule is COc1ccccc1NC(=O)CS(=O)(=O)Cc1ccccc1C. The zero-order valence-corrected chi connectivity index (χ0v) is 13.9. The van der Waals surface area contributed by atoms with Crippen molar-refractivity contribution in [1.82, 2.24) is 0 Å². The monoisotopic (exact) mass is 333 g/mol. The van der Waals surface area contributed by atoms with E-state index in [2.05, 4.69) is 5.32 Å². The van der Waals surface area contributed by atoms with Crippen LogP contribution in [0.5, 0.6) is 5.75 Å². The van der Waals surface area contributed by atoms with Crippen LogP contribution >= 0.6 is 0 Å². The van der Waals surface area contributed by atoms with Gasteiger partial charge in [0, 0.05) is 0 Å². The second kappa shape index (κ2) is 7.28. The van der Waals surface area contributed by atoms with Gasteiger partial charge in [0.25, 0.3) is 0 Å². The second-order valence-electron chi connectivity index (χ2n) is 5.21. The van der Waals surface area contributed by atoms with Gasteiger partial charge < -0.3 is 10.1 Å². The minimum atomic E-state index is -3.55. The summed E-state index contributed by atoms with van der Waals surface area (Å²) in [5, 5.41) is 2.57. The number of carbonyl (C=O) groups is 1. The number of amides is 1. The molecular formula is C17H19NO4S. The van der Waals surface area contributed by atoms with E-state index in [1.807, 2.05) is 19.1 Å². The Morgan fingerprint density at radius 1 is 1.09 bits per heavy atom. The minimum absolute atomic E-state index is 0.154. The normalized spacial score (nSPS) is 11.0. The van der Waals surface area contributed by atoms with Crippen molar-refractivity contribution >= 4 is 21.4 Å². The Bertz CT molecular complexity index is 800. The number of nitrogens with one attached hydrogen (secondary N) is 1. The molecule has 2 rings (SSSR count). The summed E-state index contributed by atoms with van der Waals surface area (Å²) < 4.78 is 29.6. The number of rotatable bonds is 6. The van der Waals surface area contributed by atoms with E-state index < -0.39 is 21.5 Å². The van der Waals surface area contributed by atoms with E-state index in [1.54, 1.807) is 36.4 Å². The lowest BCUT2D eigenvalue weighted by atomic mass is 10.1. The Balaban J connectivity index is 2.05. The highest BCUT2D eigenvalue weighted by Crippen LogP contribution is 2.23. The molecule has 23 heavy (non-hydrogen) atoms. The molecular weight excluding hydrogens is 314 g/mol. The van der Waals surface area contributed by atoms with Crippen molar-refractivity contribution in [3.8, 4) is 5.75 Å². The van der Waals surface area contributed by atoms with Gasteiger partial charge in [-0.25, -0.2) is 8.42 Å². The molecule has 0 radical (unpaired) electrons. The van der Waals surface area contributed by atoms with E-state index in [1.165, 1.54) is 7.11 Å².